The monoisotopic (exact) mass is 188 g/mol. The average Bonchev–Trinajstić information content (AvgIpc) is 2.10. The van der Waals surface area contributed by atoms with Crippen molar-refractivity contribution < 1.29 is 9.53 Å². The molecular weight excluding hydrogens is 168 g/mol. The van der Waals surface area contributed by atoms with Crippen molar-refractivity contribution in [3.05, 3.63) is 0 Å². The fourth-order valence-electron chi connectivity index (χ4n) is 0.837. The van der Waals surface area contributed by atoms with Crippen LogP contribution in [0.3, 0.4) is 0 Å². The first-order valence-electron chi connectivity index (χ1n) is 4.66. The highest BCUT2D eigenvalue weighted by atomic mass is 16.5. The van der Waals surface area contributed by atoms with Gasteiger partial charge in [0, 0.05) is 33.7 Å². The second-order valence-electron chi connectivity index (χ2n) is 3.15. The van der Waals surface area contributed by atoms with Gasteiger partial charge in [0.05, 0.1) is 0 Å². The Hall–Kier alpha value is -0.610. The third-order valence-corrected chi connectivity index (χ3v) is 1.67. The average molecular weight is 188 g/mol. The summed E-state index contributed by atoms with van der Waals surface area (Å²) < 4.78 is 5.25. The van der Waals surface area contributed by atoms with Gasteiger partial charge in [-0.1, -0.05) is 0 Å². The summed E-state index contributed by atoms with van der Waals surface area (Å²) in [7, 11) is 3.52. The van der Waals surface area contributed by atoms with Gasteiger partial charge in [0.25, 0.3) is 0 Å². The molecule has 0 aliphatic rings. The van der Waals surface area contributed by atoms with Gasteiger partial charge in [-0.05, 0) is 19.4 Å². The largest absolute Gasteiger partial charge is 0.381 e. The summed E-state index contributed by atoms with van der Waals surface area (Å²) in [5, 5.41) is 0. The minimum Gasteiger partial charge on any atom is -0.381 e. The molecule has 4 heteroatoms. The van der Waals surface area contributed by atoms with Crippen LogP contribution in [0.25, 0.3) is 0 Å². The van der Waals surface area contributed by atoms with Gasteiger partial charge in [0.2, 0.25) is 5.91 Å². The van der Waals surface area contributed by atoms with E-state index in [9.17, 15) is 4.79 Å². The number of hydrogen-bond acceptors (Lipinski definition) is 3. The Bertz CT molecular complexity index is 138. The van der Waals surface area contributed by atoms with Crippen molar-refractivity contribution in [1.82, 2.24) is 4.90 Å². The molecule has 0 aliphatic carbocycles. The predicted molar refractivity (Wildman–Crippen MR) is 52.4 cm³/mol. The fourth-order valence-corrected chi connectivity index (χ4v) is 0.837. The van der Waals surface area contributed by atoms with Gasteiger partial charge in [0.1, 0.15) is 0 Å². The van der Waals surface area contributed by atoms with Crippen LogP contribution in [0.15, 0.2) is 0 Å². The van der Waals surface area contributed by atoms with E-state index in [1.54, 1.807) is 19.0 Å². The highest BCUT2D eigenvalue weighted by Crippen LogP contribution is 1.94. The Kier molecular flexibility index (Phi) is 7.63. The molecule has 0 atom stereocenters. The predicted octanol–water partition coefficient (Wildman–Crippen LogP) is 0.220. The Morgan fingerprint density at radius 2 is 1.92 bits per heavy atom. The molecule has 0 radical (unpaired) electrons. The smallest absolute Gasteiger partial charge is 0.222 e. The summed E-state index contributed by atoms with van der Waals surface area (Å²) >= 11 is 0. The molecule has 0 aromatic heterocycles. The zero-order valence-electron chi connectivity index (χ0n) is 8.58. The lowest BCUT2D eigenvalue weighted by molar-refractivity contribution is -0.129. The van der Waals surface area contributed by atoms with E-state index in [0.717, 1.165) is 12.8 Å². The standard InChI is InChI=1S/C9H20N2O2/c1-11(2)9(12)5-3-7-13-8-4-6-10/h3-8,10H2,1-2H3. The molecular formula is C9H20N2O2. The van der Waals surface area contributed by atoms with Gasteiger partial charge < -0.3 is 15.4 Å². The highest BCUT2D eigenvalue weighted by Gasteiger charge is 2.02. The quantitative estimate of drug-likeness (QED) is 0.581. The highest BCUT2D eigenvalue weighted by molar-refractivity contribution is 5.75. The zero-order chi connectivity index (χ0) is 10.1. The van der Waals surface area contributed by atoms with Gasteiger partial charge in [0.15, 0.2) is 0 Å². The molecule has 0 aliphatic heterocycles. The Morgan fingerprint density at radius 1 is 1.31 bits per heavy atom. The van der Waals surface area contributed by atoms with E-state index in [0.29, 0.717) is 26.2 Å². The summed E-state index contributed by atoms with van der Waals surface area (Å²) in [5.74, 6) is 0.155. The van der Waals surface area contributed by atoms with Crippen molar-refractivity contribution in [2.75, 3.05) is 33.9 Å². The van der Waals surface area contributed by atoms with Crippen LogP contribution in [0.4, 0.5) is 0 Å². The van der Waals surface area contributed by atoms with Crippen molar-refractivity contribution in [3.8, 4) is 0 Å². The molecule has 0 unspecified atom stereocenters. The summed E-state index contributed by atoms with van der Waals surface area (Å²) in [6.45, 7) is 2.02. The first kappa shape index (κ1) is 12.4. The number of ether oxygens (including phenoxy) is 1. The van der Waals surface area contributed by atoms with E-state index in [2.05, 4.69) is 0 Å². The molecule has 0 heterocycles. The molecule has 78 valence electrons. The van der Waals surface area contributed by atoms with Crippen molar-refractivity contribution in [3.63, 3.8) is 0 Å². The molecule has 2 N–H and O–H groups in total. The van der Waals surface area contributed by atoms with E-state index in [1.807, 2.05) is 0 Å². The Morgan fingerprint density at radius 3 is 2.46 bits per heavy atom. The van der Waals surface area contributed by atoms with Gasteiger partial charge >= 0.3 is 0 Å². The number of rotatable bonds is 7. The van der Waals surface area contributed by atoms with Crippen molar-refractivity contribution in [1.29, 1.82) is 0 Å². The molecule has 13 heavy (non-hydrogen) atoms. The molecule has 1 amide bonds. The zero-order valence-corrected chi connectivity index (χ0v) is 8.58. The summed E-state index contributed by atoms with van der Waals surface area (Å²) in [6, 6.07) is 0. The van der Waals surface area contributed by atoms with Crippen LogP contribution in [0.5, 0.6) is 0 Å². The summed E-state index contributed by atoms with van der Waals surface area (Å²) in [4.78, 5) is 12.7. The lowest BCUT2D eigenvalue weighted by Crippen LogP contribution is -2.21. The van der Waals surface area contributed by atoms with E-state index >= 15 is 0 Å². The SMILES string of the molecule is CN(C)C(=O)CCCOCCCN. The van der Waals surface area contributed by atoms with Crippen molar-refractivity contribution in [2.45, 2.75) is 19.3 Å². The number of amides is 1. The maximum Gasteiger partial charge on any atom is 0.222 e. The second kappa shape index (κ2) is 8.01. The van der Waals surface area contributed by atoms with E-state index in [-0.39, 0.29) is 5.91 Å². The number of carbonyl (C=O) groups excluding carboxylic acids is 1. The van der Waals surface area contributed by atoms with Crippen molar-refractivity contribution >= 4 is 5.91 Å². The summed E-state index contributed by atoms with van der Waals surface area (Å²) in [6.07, 6.45) is 2.25. The van der Waals surface area contributed by atoms with E-state index < -0.39 is 0 Å². The van der Waals surface area contributed by atoms with Gasteiger partial charge in [-0.3, -0.25) is 4.79 Å². The Balaban J connectivity index is 3.12. The van der Waals surface area contributed by atoms with Gasteiger partial charge in [-0.25, -0.2) is 0 Å². The third-order valence-electron chi connectivity index (χ3n) is 1.67. The molecule has 0 bridgehead atoms. The normalized spacial score (nSPS) is 10.1. The maximum absolute atomic E-state index is 11.1. The minimum absolute atomic E-state index is 0.155. The van der Waals surface area contributed by atoms with Crippen LogP contribution in [-0.4, -0.2) is 44.7 Å². The van der Waals surface area contributed by atoms with Crippen molar-refractivity contribution in [2.24, 2.45) is 5.73 Å². The lowest BCUT2D eigenvalue weighted by Gasteiger charge is -2.09. The number of nitrogens with two attached hydrogens (primary N) is 1. The topological polar surface area (TPSA) is 55.6 Å². The molecule has 0 aromatic rings. The van der Waals surface area contributed by atoms with Crippen LogP contribution in [-0.2, 0) is 9.53 Å². The Labute approximate surface area is 80.0 Å². The lowest BCUT2D eigenvalue weighted by atomic mass is 10.3. The first-order chi connectivity index (χ1) is 6.18. The van der Waals surface area contributed by atoms with Gasteiger partial charge in [-0.2, -0.15) is 0 Å². The maximum atomic E-state index is 11.1. The third kappa shape index (κ3) is 7.74. The minimum atomic E-state index is 0.155. The first-order valence-corrected chi connectivity index (χ1v) is 4.66. The number of carbonyl (C=O) groups is 1. The second-order valence-corrected chi connectivity index (χ2v) is 3.15. The van der Waals surface area contributed by atoms with Crippen LogP contribution < -0.4 is 5.73 Å². The van der Waals surface area contributed by atoms with Crippen LogP contribution in [0, 0.1) is 0 Å². The van der Waals surface area contributed by atoms with Crippen LogP contribution >= 0.6 is 0 Å². The number of hydrogen-bond donors (Lipinski definition) is 1. The van der Waals surface area contributed by atoms with E-state index in [1.165, 1.54) is 0 Å². The van der Waals surface area contributed by atoms with Crippen LogP contribution in [0.2, 0.25) is 0 Å². The van der Waals surface area contributed by atoms with Gasteiger partial charge in [-0.15, -0.1) is 0 Å². The molecule has 0 rings (SSSR count). The molecule has 0 saturated heterocycles. The molecule has 0 saturated carbocycles. The number of nitrogens with zero attached hydrogens (tertiary/aromatic N) is 1. The van der Waals surface area contributed by atoms with Crippen LogP contribution in [0.1, 0.15) is 19.3 Å². The fraction of sp³-hybridized carbons (Fsp3) is 0.889. The molecule has 0 spiro atoms. The van der Waals surface area contributed by atoms with E-state index in [4.69, 9.17) is 10.5 Å². The molecule has 0 fully saturated rings. The summed E-state index contributed by atoms with van der Waals surface area (Å²) in [5.41, 5.74) is 5.29. The molecule has 4 nitrogen and oxygen atoms in total. The molecule has 0 aromatic carbocycles.